The van der Waals surface area contributed by atoms with Crippen molar-refractivity contribution in [1.82, 2.24) is 0 Å². The molecule has 0 saturated heterocycles. The van der Waals surface area contributed by atoms with Crippen molar-refractivity contribution < 1.29 is 28.9 Å². The molecule has 0 saturated carbocycles. The minimum Gasteiger partial charge on any atom is -0.490 e. The third kappa shape index (κ3) is 6.72. The van der Waals surface area contributed by atoms with Crippen LogP contribution in [0.2, 0.25) is 0 Å². The van der Waals surface area contributed by atoms with Crippen LogP contribution in [0.5, 0.6) is 11.5 Å². The Morgan fingerprint density at radius 1 is 1.06 bits per heavy atom. The maximum absolute atomic E-state index is 12.3. The first-order valence-electron chi connectivity index (χ1n) is 10.3. The molecule has 0 spiro atoms. The number of rotatable bonds is 11. The Morgan fingerprint density at radius 3 is 2.32 bits per heavy atom. The Kier molecular flexibility index (Phi) is 8.45. The van der Waals surface area contributed by atoms with Gasteiger partial charge in [-0.3, -0.25) is 9.59 Å². The van der Waals surface area contributed by atoms with E-state index in [2.05, 4.69) is 0 Å². The van der Waals surface area contributed by atoms with Crippen LogP contribution in [-0.4, -0.2) is 30.3 Å². The molecule has 0 aromatic heterocycles. The second-order valence-electron chi connectivity index (χ2n) is 7.96. The van der Waals surface area contributed by atoms with Crippen LogP contribution in [0.15, 0.2) is 42.5 Å². The maximum atomic E-state index is 12.3. The van der Waals surface area contributed by atoms with Crippen LogP contribution in [0, 0.1) is 12.3 Å². The molecule has 2 aromatic carbocycles. The number of carbonyl (C=O) groups excluding carboxylic acids is 1. The van der Waals surface area contributed by atoms with E-state index in [1.54, 1.807) is 24.3 Å². The van der Waals surface area contributed by atoms with Gasteiger partial charge < -0.3 is 25.1 Å². The second-order valence-corrected chi connectivity index (χ2v) is 7.96. The summed E-state index contributed by atoms with van der Waals surface area (Å²) in [5.74, 6) is -0.0569. The SMILES string of the molecule is CCC(C)(C)C(=O)OCc1cccc(C)c1OCCOc1ccc(C(N)C(=O)O)cc1. The van der Waals surface area contributed by atoms with Gasteiger partial charge in [-0.25, -0.2) is 0 Å². The van der Waals surface area contributed by atoms with Crippen molar-refractivity contribution in [2.24, 2.45) is 11.1 Å². The summed E-state index contributed by atoms with van der Waals surface area (Å²) in [6, 6.07) is 11.2. The third-order valence-corrected chi connectivity index (χ3v) is 5.19. The van der Waals surface area contributed by atoms with E-state index in [9.17, 15) is 9.59 Å². The van der Waals surface area contributed by atoms with Crippen molar-refractivity contribution in [3.8, 4) is 11.5 Å². The molecule has 7 nitrogen and oxygen atoms in total. The molecule has 2 aromatic rings. The van der Waals surface area contributed by atoms with Gasteiger partial charge in [0.25, 0.3) is 0 Å². The Hall–Kier alpha value is -3.06. The fraction of sp³-hybridized carbons (Fsp3) is 0.417. The predicted octanol–water partition coefficient (Wildman–Crippen LogP) is 4.02. The highest BCUT2D eigenvalue weighted by atomic mass is 16.5. The van der Waals surface area contributed by atoms with Gasteiger partial charge in [0, 0.05) is 5.56 Å². The maximum Gasteiger partial charge on any atom is 0.325 e. The van der Waals surface area contributed by atoms with E-state index < -0.39 is 17.4 Å². The second kappa shape index (κ2) is 10.8. The molecule has 0 amide bonds. The van der Waals surface area contributed by atoms with Crippen LogP contribution in [0.3, 0.4) is 0 Å². The van der Waals surface area contributed by atoms with Crippen molar-refractivity contribution in [2.75, 3.05) is 13.2 Å². The zero-order chi connectivity index (χ0) is 23.0. The van der Waals surface area contributed by atoms with Crippen LogP contribution in [0.25, 0.3) is 0 Å². The smallest absolute Gasteiger partial charge is 0.325 e. The number of hydrogen-bond donors (Lipinski definition) is 2. The number of benzene rings is 2. The number of hydrogen-bond acceptors (Lipinski definition) is 6. The summed E-state index contributed by atoms with van der Waals surface area (Å²) in [5.41, 5.74) is 7.30. The summed E-state index contributed by atoms with van der Waals surface area (Å²) in [6.45, 7) is 8.34. The molecule has 2 rings (SSSR count). The van der Waals surface area contributed by atoms with E-state index in [0.717, 1.165) is 11.1 Å². The van der Waals surface area contributed by atoms with Crippen molar-refractivity contribution >= 4 is 11.9 Å². The molecule has 0 aliphatic heterocycles. The number of para-hydroxylation sites is 1. The first kappa shape index (κ1) is 24.2. The fourth-order valence-electron chi connectivity index (χ4n) is 2.73. The molecule has 0 radical (unpaired) electrons. The van der Waals surface area contributed by atoms with E-state index in [1.165, 1.54) is 0 Å². The van der Waals surface area contributed by atoms with Gasteiger partial charge in [-0.2, -0.15) is 0 Å². The molecule has 3 N–H and O–H groups in total. The normalized spacial score (nSPS) is 12.2. The number of aryl methyl sites for hydroxylation is 1. The van der Waals surface area contributed by atoms with Crippen molar-refractivity contribution in [2.45, 2.75) is 46.8 Å². The average Bonchev–Trinajstić information content (AvgIpc) is 2.75. The number of esters is 1. The molecule has 0 bridgehead atoms. The van der Waals surface area contributed by atoms with Gasteiger partial charge in [-0.15, -0.1) is 0 Å². The molecule has 1 unspecified atom stereocenters. The summed E-state index contributed by atoms with van der Waals surface area (Å²) in [4.78, 5) is 23.2. The van der Waals surface area contributed by atoms with Gasteiger partial charge in [-0.1, -0.05) is 37.3 Å². The number of ether oxygens (including phenoxy) is 3. The van der Waals surface area contributed by atoms with Gasteiger partial charge in [0.2, 0.25) is 0 Å². The van der Waals surface area contributed by atoms with Crippen molar-refractivity contribution in [3.05, 3.63) is 59.2 Å². The van der Waals surface area contributed by atoms with Gasteiger partial charge in [0.1, 0.15) is 37.4 Å². The first-order chi connectivity index (χ1) is 14.7. The number of carboxylic acids is 1. The molecular formula is C24H31NO6. The highest BCUT2D eigenvalue weighted by Gasteiger charge is 2.27. The van der Waals surface area contributed by atoms with Gasteiger partial charge in [-0.05, 0) is 50.5 Å². The zero-order valence-electron chi connectivity index (χ0n) is 18.5. The lowest BCUT2D eigenvalue weighted by Crippen LogP contribution is -2.25. The van der Waals surface area contributed by atoms with Crippen LogP contribution in [0.4, 0.5) is 0 Å². The van der Waals surface area contributed by atoms with Crippen molar-refractivity contribution in [1.29, 1.82) is 0 Å². The summed E-state index contributed by atoms with van der Waals surface area (Å²) >= 11 is 0. The topological polar surface area (TPSA) is 108 Å². The number of carboxylic acid groups (broad SMARTS) is 1. The number of carbonyl (C=O) groups is 2. The minimum absolute atomic E-state index is 0.144. The molecule has 0 aliphatic carbocycles. The Balaban J connectivity index is 1.91. The molecule has 0 aliphatic rings. The molecule has 168 valence electrons. The van der Waals surface area contributed by atoms with E-state index in [-0.39, 0.29) is 12.6 Å². The van der Waals surface area contributed by atoms with Crippen LogP contribution >= 0.6 is 0 Å². The first-order valence-corrected chi connectivity index (χ1v) is 10.3. The lowest BCUT2D eigenvalue weighted by atomic mass is 9.91. The van der Waals surface area contributed by atoms with Crippen LogP contribution in [0.1, 0.15) is 49.9 Å². The van der Waals surface area contributed by atoms with Gasteiger partial charge in [0.15, 0.2) is 0 Å². The summed E-state index contributed by atoms with van der Waals surface area (Å²) < 4.78 is 17.1. The van der Waals surface area contributed by atoms with E-state index in [4.69, 9.17) is 25.1 Å². The van der Waals surface area contributed by atoms with Crippen molar-refractivity contribution in [3.63, 3.8) is 0 Å². The molecule has 31 heavy (non-hydrogen) atoms. The lowest BCUT2D eigenvalue weighted by Gasteiger charge is -2.21. The quantitative estimate of drug-likeness (QED) is 0.410. The van der Waals surface area contributed by atoms with Gasteiger partial charge in [0.05, 0.1) is 5.41 Å². The Morgan fingerprint density at radius 2 is 1.71 bits per heavy atom. The largest absolute Gasteiger partial charge is 0.490 e. The van der Waals surface area contributed by atoms with Gasteiger partial charge >= 0.3 is 11.9 Å². The summed E-state index contributed by atoms with van der Waals surface area (Å²) in [5, 5.41) is 8.95. The summed E-state index contributed by atoms with van der Waals surface area (Å²) in [7, 11) is 0. The monoisotopic (exact) mass is 429 g/mol. The van der Waals surface area contributed by atoms with Crippen LogP contribution < -0.4 is 15.2 Å². The Bertz CT molecular complexity index is 891. The highest BCUT2D eigenvalue weighted by molar-refractivity contribution is 5.76. The molecule has 1 atom stereocenters. The minimum atomic E-state index is -1.08. The Labute approximate surface area is 183 Å². The predicted molar refractivity (Wildman–Crippen MR) is 117 cm³/mol. The molecule has 7 heteroatoms. The zero-order valence-corrected chi connectivity index (χ0v) is 18.5. The highest BCUT2D eigenvalue weighted by Crippen LogP contribution is 2.27. The summed E-state index contributed by atoms with van der Waals surface area (Å²) in [6.07, 6.45) is 0.698. The fourth-order valence-corrected chi connectivity index (χ4v) is 2.73. The number of aliphatic carboxylic acids is 1. The molecular weight excluding hydrogens is 398 g/mol. The standard InChI is InChI=1S/C24H31NO6/c1-5-24(3,4)23(28)31-15-18-8-6-7-16(2)21(18)30-14-13-29-19-11-9-17(10-12-19)20(25)22(26)27/h6-12,20H,5,13-15,25H2,1-4H3,(H,26,27). The van der Waals surface area contributed by atoms with E-state index in [1.807, 2.05) is 45.9 Å². The van der Waals surface area contributed by atoms with E-state index >= 15 is 0 Å². The molecule has 0 fully saturated rings. The lowest BCUT2D eigenvalue weighted by molar-refractivity contribution is -0.155. The molecule has 0 heterocycles. The number of nitrogens with two attached hydrogens (primary N) is 1. The third-order valence-electron chi connectivity index (χ3n) is 5.19. The average molecular weight is 430 g/mol. The van der Waals surface area contributed by atoms with E-state index in [0.29, 0.717) is 36.7 Å². The van der Waals surface area contributed by atoms with Crippen LogP contribution in [-0.2, 0) is 20.9 Å².